The van der Waals surface area contributed by atoms with Crippen LogP contribution < -0.4 is 0 Å². The van der Waals surface area contributed by atoms with E-state index in [1.165, 1.54) is 12.1 Å². The molecule has 4 heteroatoms. The lowest BCUT2D eigenvalue weighted by atomic mass is 10.1. The van der Waals surface area contributed by atoms with Crippen molar-refractivity contribution in [3.63, 3.8) is 0 Å². The Labute approximate surface area is 122 Å². The molecule has 0 spiro atoms. The summed E-state index contributed by atoms with van der Waals surface area (Å²) in [7, 11) is 0. The second-order valence-electron chi connectivity index (χ2n) is 4.51. The van der Waals surface area contributed by atoms with Gasteiger partial charge in [0.25, 0.3) is 0 Å². The molecule has 0 atom stereocenters. The molecule has 3 nitrogen and oxygen atoms in total. The van der Waals surface area contributed by atoms with Crippen LogP contribution in [0.2, 0.25) is 0 Å². The molecule has 0 N–H and O–H groups in total. The van der Waals surface area contributed by atoms with Crippen molar-refractivity contribution in [2.75, 3.05) is 0 Å². The van der Waals surface area contributed by atoms with E-state index in [1.807, 2.05) is 24.4 Å². The minimum absolute atomic E-state index is 0.277. The Balaban J connectivity index is 2.14. The summed E-state index contributed by atoms with van der Waals surface area (Å²) in [5.41, 5.74) is 3.24. The lowest BCUT2D eigenvalue weighted by Crippen LogP contribution is -1.95. The van der Waals surface area contributed by atoms with E-state index >= 15 is 0 Å². The first kappa shape index (κ1) is 13.1. The van der Waals surface area contributed by atoms with E-state index in [9.17, 15) is 4.39 Å². The summed E-state index contributed by atoms with van der Waals surface area (Å²) < 4.78 is 14.8. The predicted octanol–water partition coefficient (Wildman–Crippen LogP) is 3.38. The fourth-order valence-corrected chi connectivity index (χ4v) is 2.13. The molecule has 0 bridgehead atoms. The predicted molar refractivity (Wildman–Crippen MR) is 79.7 cm³/mol. The van der Waals surface area contributed by atoms with Crippen LogP contribution in [0.25, 0.3) is 22.5 Å². The Morgan fingerprint density at radius 2 is 1.95 bits per heavy atom. The fourth-order valence-electron chi connectivity index (χ4n) is 2.13. The van der Waals surface area contributed by atoms with Gasteiger partial charge in [-0.05, 0) is 36.4 Å². The average molecular weight is 277 g/mol. The molecule has 0 amide bonds. The maximum Gasteiger partial charge on any atom is 0.123 e. The second kappa shape index (κ2) is 5.59. The smallest absolute Gasteiger partial charge is 0.123 e. The molecule has 102 valence electrons. The van der Waals surface area contributed by atoms with E-state index in [0.717, 1.165) is 22.5 Å². The van der Waals surface area contributed by atoms with Crippen molar-refractivity contribution in [2.24, 2.45) is 0 Å². The molecule has 1 aromatic carbocycles. The van der Waals surface area contributed by atoms with Crippen LogP contribution in [0.4, 0.5) is 4.39 Å². The van der Waals surface area contributed by atoms with Crippen molar-refractivity contribution in [3.8, 4) is 34.9 Å². The van der Waals surface area contributed by atoms with Crippen molar-refractivity contribution >= 4 is 0 Å². The van der Waals surface area contributed by atoms with Gasteiger partial charge in [-0.3, -0.25) is 9.67 Å². The topological polar surface area (TPSA) is 30.7 Å². The zero-order valence-electron chi connectivity index (χ0n) is 11.2. The molecule has 0 fully saturated rings. The zero-order valence-corrected chi connectivity index (χ0v) is 11.2. The van der Waals surface area contributed by atoms with Gasteiger partial charge in [0.15, 0.2) is 0 Å². The molecule has 2 heterocycles. The quantitative estimate of drug-likeness (QED) is 0.687. The molecule has 2 aromatic heterocycles. The van der Waals surface area contributed by atoms with Gasteiger partial charge in [0.05, 0.1) is 5.69 Å². The summed E-state index contributed by atoms with van der Waals surface area (Å²) in [6, 6.07) is 11.9. The number of benzene rings is 1. The summed E-state index contributed by atoms with van der Waals surface area (Å²) in [4.78, 5) is 4.35. The number of terminal acetylenes is 1. The highest BCUT2D eigenvalue weighted by Crippen LogP contribution is 2.29. The molecule has 0 saturated heterocycles. The summed E-state index contributed by atoms with van der Waals surface area (Å²) in [5.74, 6) is 2.28. The van der Waals surface area contributed by atoms with Crippen LogP contribution >= 0.6 is 0 Å². The van der Waals surface area contributed by atoms with E-state index in [0.29, 0.717) is 6.54 Å². The number of aromatic nitrogens is 3. The number of hydrogen-bond donors (Lipinski definition) is 0. The van der Waals surface area contributed by atoms with Gasteiger partial charge in [0.2, 0.25) is 0 Å². The third kappa shape index (κ3) is 2.67. The average Bonchev–Trinajstić information content (AvgIpc) is 2.93. The number of hydrogen-bond acceptors (Lipinski definition) is 2. The second-order valence-corrected chi connectivity index (χ2v) is 4.51. The summed E-state index contributed by atoms with van der Waals surface area (Å²) in [5, 5.41) is 4.49. The van der Waals surface area contributed by atoms with Gasteiger partial charge in [-0.25, -0.2) is 4.39 Å². The highest BCUT2D eigenvalue weighted by atomic mass is 19.1. The van der Waals surface area contributed by atoms with Crippen molar-refractivity contribution in [1.29, 1.82) is 0 Å². The number of pyridine rings is 1. The Hall–Kier alpha value is -2.93. The number of rotatable bonds is 3. The van der Waals surface area contributed by atoms with Gasteiger partial charge in [-0.1, -0.05) is 12.0 Å². The van der Waals surface area contributed by atoms with Gasteiger partial charge in [0.1, 0.15) is 18.1 Å². The monoisotopic (exact) mass is 277 g/mol. The van der Waals surface area contributed by atoms with E-state index in [1.54, 1.807) is 23.0 Å². The minimum atomic E-state index is -0.277. The Bertz CT molecular complexity index is 783. The van der Waals surface area contributed by atoms with Gasteiger partial charge >= 0.3 is 0 Å². The van der Waals surface area contributed by atoms with Gasteiger partial charge in [-0.2, -0.15) is 5.10 Å². The number of nitrogens with zero attached hydrogens (tertiary/aromatic N) is 3. The summed E-state index contributed by atoms with van der Waals surface area (Å²) >= 11 is 0. The van der Waals surface area contributed by atoms with Crippen LogP contribution in [0, 0.1) is 18.2 Å². The highest BCUT2D eigenvalue weighted by molar-refractivity contribution is 5.78. The number of halogens is 1. The van der Waals surface area contributed by atoms with Crippen molar-refractivity contribution in [2.45, 2.75) is 6.54 Å². The van der Waals surface area contributed by atoms with Crippen LogP contribution in [0.1, 0.15) is 0 Å². The molecule has 0 aliphatic carbocycles. The van der Waals surface area contributed by atoms with Crippen molar-refractivity contribution < 1.29 is 4.39 Å². The van der Waals surface area contributed by atoms with Crippen LogP contribution in [-0.2, 0) is 6.54 Å². The fraction of sp³-hybridized carbons (Fsp3) is 0.0588. The molecule has 0 unspecified atom stereocenters. The summed E-state index contributed by atoms with van der Waals surface area (Å²) in [6.45, 7) is 0.376. The van der Waals surface area contributed by atoms with Crippen LogP contribution in [0.15, 0.2) is 54.9 Å². The molecule has 0 radical (unpaired) electrons. The molecule has 21 heavy (non-hydrogen) atoms. The van der Waals surface area contributed by atoms with Gasteiger partial charge < -0.3 is 0 Å². The van der Waals surface area contributed by atoms with E-state index in [4.69, 9.17) is 6.42 Å². The van der Waals surface area contributed by atoms with Crippen molar-refractivity contribution in [3.05, 3.63) is 60.7 Å². The first-order valence-corrected chi connectivity index (χ1v) is 6.46. The summed E-state index contributed by atoms with van der Waals surface area (Å²) in [6.07, 6.45) is 8.93. The molecule has 3 aromatic rings. The van der Waals surface area contributed by atoms with Crippen LogP contribution in [-0.4, -0.2) is 14.8 Å². The van der Waals surface area contributed by atoms with Crippen LogP contribution in [0.5, 0.6) is 0 Å². The standard InChI is InChI=1S/C17H12FN3/c1-2-11-21-12-15(16-5-3-4-10-19-16)17(20-21)13-6-8-14(18)9-7-13/h1,3-10,12H,11H2. The molecular weight excluding hydrogens is 265 g/mol. The Morgan fingerprint density at radius 1 is 1.14 bits per heavy atom. The highest BCUT2D eigenvalue weighted by Gasteiger charge is 2.13. The maximum atomic E-state index is 13.1. The van der Waals surface area contributed by atoms with Gasteiger partial charge in [-0.15, -0.1) is 6.42 Å². The SMILES string of the molecule is C#CCn1cc(-c2ccccn2)c(-c2ccc(F)cc2)n1. The lowest BCUT2D eigenvalue weighted by Gasteiger charge is -2.01. The molecule has 0 aliphatic heterocycles. The molecule has 3 rings (SSSR count). The van der Waals surface area contributed by atoms with E-state index < -0.39 is 0 Å². The zero-order chi connectivity index (χ0) is 14.7. The maximum absolute atomic E-state index is 13.1. The minimum Gasteiger partial charge on any atom is -0.259 e. The van der Waals surface area contributed by atoms with Crippen molar-refractivity contribution in [1.82, 2.24) is 14.8 Å². The Kier molecular flexibility index (Phi) is 3.48. The van der Waals surface area contributed by atoms with Crippen LogP contribution in [0.3, 0.4) is 0 Å². The molecular formula is C17H12FN3. The lowest BCUT2D eigenvalue weighted by molar-refractivity contribution is 0.628. The largest absolute Gasteiger partial charge is 0.259 e. The normalized spacial score (nSPS) is 10.3. The van der Waals surface area contributed by atoms with E-state index in [-0.39, 0.29) is 5.82 Å². The van der Waals surface area contributed by atoms with E-state index in [2.05, 4.69) is 16.0 Å². The molecule has 0 saturated carbocycles. The Morgan fingerprint density at radius 3 is 2.62 bits per heavy atom. The third-order valence-electron chi connectivity index (χ3n) is 3.07. The first-order chi connectivity index (χ1) is 10.3. The first-order valence-electron chi connectivity index (χ1n) is 6.46. The third-order valence-corrected chi connectivity index (χ3v) is 3.07. The van der Waals surface area contributed by atoms with Gasteiger partial charge in [0, 0.05) is 23.5 Å². The molecule has 0 aliphatic rings.